The lowest BCUT2D eigenvalue weighted by molar-refractivity contribution is 0.110. The van der Waals surface area contributed by atoms with E-state index < -0.39 is 0 Å². The number of benzene rings is 2. The predicted octanol–water partition coefficient (Wildman–Crippen LogP) is 5.30. The van der Waals surface area contributed by atoms with Crippen LogP contribution in [-0.4, -0.2) is 6.61 Å². The fourth-order valence-corrected chi connectivity index (χ4v) is 2.33. The fraction of sp³-hybridized carbons (Fsp3) is 0.400. The van der Waals surface area contributed by atoms with Crippen molar-refractivity contribution >= 4 is 0 Å². The van der Waals surface area contributed by atoms with E-state index >= 15 is 0 Å². The maximum atomic E-state index is 5.86. The van der Waals surface area contributed by atoms with Gasteiger partial charge in [0, 0.05) is 5.92 Å². The summed E-state index contributed by atoms with van der Waals surface area (Å²) < 4.78 is 5.86. The molecular formula is C20H26O. The molecule has 1 unspecified atom stereocenters. The highest BCUT2D eigenvalue weighted by Gasteiger charge is 2.12. The van der Waals surface area contributed by atoms with Crippen LogP contribution in [0.3, 0.4) is 0 Å². The first-order valence-electron chi connectivity index (χ1n) is 7.69. The molecule has 1 heteroatoms. The molecule has 1 nitrogen and oxygen atoms in total. The van der Waals surface area contributed by atoms with Crippen LogP contribution in [0.1, 0.15) is 50.3 Å². The SMILES string of the molecule is CC(COCc1ccc(C(C)(C)C)cc1)c1ccccc1. The lowest BCUT2D eigenvalue weighted by Gasteiger charge is -2.19. The third-order valence-corrected chi connectivity index (χ3v) is 3.83. The fourth-order valence-electron chi connectivity index (χ4n) is 2.33. The van der Waals surface area contributed by atoms with Gasteiger partial charge in [0.05, 0.1) is 13.2 Å². The number of rotatable bonds is 5. The maximum Gasteiger partial charge on any atom is 0.0717 e. The molecule has 0 N–H and O–H groups in total. The van der Waals surface area contributed by atoms with Gasteiger partial charge in [-0.1, -0.05) is 82.3 Å². The first kappa shape index (κ1) is 15.8. The number of ether oxygens (including phenoxy) is 1. The van der Waals surface area contributed by atoms with Gasteiger partial charge >= 0.3 is 0 Å². The third-order valence-electron chi connectivity index (χ3n) is 3.83. The zero-order valence-corrected chi connectivity index (χ0v) is 13.6. The van der Waals surface area contributed by atoms with Gasteiger partial charge in [0.2, 0.25) is 0 Å². The van der Waals surface area contributed by atoms with Crippen molar-refractivity contribution in [1.29, 1.82) is 0 Å². The molecule has 0 heterocycles. The molecule has 0 aliphatic rings. The standard InChI is InChI=1S/C20H26O/c1-16(18-8-6-5-7-9-18)14-21-15-17-10-12-19(13-11-17)20(2,3)4/h5-13,16H,14-15H2,1-4H3. The second kappa shape index (κ2) is 6.91. The summed E-state index contributed by atoms with van der Waals surface area (Å²) in [4.78, 5) is 0. The van der Waals surface area contributed by atoms with Crippen LogP contribution in [-0.2, 0) is 16.8 Å². The zero-order chi connectivity index (χ0) is 15.3. The van der Waals surface area contributed by atoms with Crippen LogP contribution in [0.5, 0.6) is 0 Å². The molecule has 21 heavy (non-hydrogen) atoms. The van der Waals surface area contributed by atoms with Crippen molar-refractivity contribution in [3.8, 4) is 0 Å². The Balaban J connectivity index is 1.84. The molecule has 0 aliphatic carbocycles. The van der Waals surface area contributed by atoms with Crippen molar-refractivity contribution in [2.75, 3.05) is 6.61 Å². The zero-order valence-electron chi connectivity index (χ0n) is 13.6. The molecule has 1 atom stereocenters. The van der Waals surface area contributed by atoms with Crippen molar-refractivity contribution in [3.05, 3.63) is 71.3 Å². The van der Waals surface area contributed by atoms with Crippen LogP contribution in [0, 0.1) is 0 Å². The summed E-state index contributed by atoms with van der Waals surface area (Å²) in [5.74, 6) is 0.431. The molecule has 2 aromatic carbocycles. The summed E-state index contributed by atoms with van der Waals surface area (Å²) >= 11 is 0. The van der Waals surface area contributed by atoms with Crippen LogP contribution in [0.2, 0.25) is 0 Å². The molecule has 0 aromatic heterocycles. The molecule has 2 aromatic rings. The molecular weight excluding hydrogens is 256 g/mol. The molecule has 0 saturated carbocycles. The molecule has 0 amide bonds. The first-order valence-corrected chi connectivity index (χ1v) is 7.69. The number of hydrogen-bond acceptors (Lipinski definition) is 1. The van der Waals surface area contributed by atoms with E-state index in [0.29, 0.717) is 12.5 Å². The van der Waals surface area contributed by atoms with E-state index in [0.717, 1.165) is 6.61 Å². The van der Waals surface area contributed by atoms with Gasteiger partial charge < -0.3 is 4.74 Å². The summed E-state index contributed by atoms with van der Waals surface area (Å²) in [5.41, 5.74) is 4.15. The van der Waals surface area contributed by atoms with Gasteiger partial charge in [0.1, 0.15) is 0 Å². The van der Waals surface area contributed by atoms with Gasteiger partial charge in [-0.15, -0.1) is 0 Å². The van der Waals surface area contributed by atoms with E-state index in [4.69, 9.17) is 4.74 Å². The molecule has 0 radical (unpaired) electrons. The average Bonchev–Trinajstić information content (AvgIpc) is 2.47. The normalized spacial score (nSPS) is 13.1. The molecule has 0 saturated heterocycles. The molecule has 0 bridgehead atoms. The van der Waals surface area contributed by atoms with Crippen molar-refractivity contribution in [2.45, 2.75) is 45.6 Å². The maximum absolute atomic E-state index is 5.86. The Morgan fingerprint density at radius 2 is 1.52 bits per heavy atom. The van der Waals surface area contributed by atoms with E-state index in [-0.39, 0.29) is 5.41 Å². The minimum Gasteiger partial charge on any atom is -0.376 e. The molecule has 0 fully saturated rings. The van der Waals surface area contributed by atoms with E-state index in [1.165, 1.54) is 16.7 Å². The highest BCUT2D eigenvalue weighted by atomic mass is 16.5. The Morgan fingerprint density at radius 1 is 0.905 bits per heavy atom. The largest absolute Gasteiger partial charge is 0.376 e. The molecule has 0 spiro atoms. The van der Waals surface area contributed by atoms with Crippen molar-refractivity contribution in [3.63, 3.8) is 0 Å². The van der Waals surface area contributed by atoms with Gasteiger partial charge in [-0.05, 0) is 22.1 Å². The van der Waals surface area contributed by atoms with Crippen LogP contribution in [0.4, 0.5) is 0 Å². The lowest BCUT2D eigenvalue weighted by atomic mass is 9.87. The van der Waals surface area contributed by atoms with Crippen LogP contribution in [0.15, 0.2) is 54.6 Å². The second-order valence-electron chi connectivity index (χ2n) is 6.77. The van der Waals surface area contributed by atoms with Crippen molar-refractivity contribution < 1.29 is 4.74 Å². The van der Waals surface area contributed by atoms with Crippen LogP contribution in [0.25, 0.3) is 0 Å². The van der Waals surface area contributed by atoms with Crippen molar-refractivity contribution in [2.24, 2.45) is 0 Å². The minimum absolute atomic E-state index is 0.210. The van der Waals surface area contributed by atoms with Gasteiger partial charge in [0.25, 0.3) is 0 Å². The van der Waals surface area contributed by atoms with E-state index in [2.05, 4.69) is 76.2 Å². The second-order valence-corrected chi connectivity index (χ2v) is 6.77. The Labute approximate surface area is 129 Å². The van der Waals surface area contributed by atoms with Crippen LogP contribution >= 0.6 is 0 Å². The van der Waals surface area contributed by atoms with Crippen LogP contribution < -0.4 is 0 Å². The molecule has 2 rings (SSSR count). The molecule has 112 valence electrons. The summed E-state index contributed by atoms with van der Waals surface area (Å²) in [6.07, 6.45) is 0. The Hall–Kier alpha value is -1.60. The summed E-state index contributed by atoms with van der Waals surface area (Å²) in [5, 5.41) is 0. The Kier molecular flexibility index (Phi) is 5.19. The van der Waals surface area contributed by atoms with Gasteiger partial charge in [-0.3, -0.25) is 0 Å². The topological polar surface area (TPSA) is 9.23 Å². The third kappa shape index (κ3) is 4.71. The summed E-state index contributed by atoms with van der Waals surface area (Å²) in [7, 11) is 0. The van der Waals surface area contributed by atoms with Gasteiger partial charge in [0.15, 0.2) is 0 Å². The lowest BCUT2D eigenvalue weighted by Crippen LogP contribution is -2.11. The monoisotopic (exact) mass is 282 g/mol. The summed E-state index contributed by atoms with van der Waals surface area (Å²) in [6.45, 7) is 10.4. The quantitative estimate of drug-likeness (QED) is 0.722. The average molecular weight is 282 g/mol. The van der Waals surface area contributed by atoms with E-state index in [1.807, 2.05) is 6.07 Å². The van der Waals surface area contributed by atoms with Crippen molar-refractivity contribution in [1.82, 2.24) is 0 Å². The Morgan fingerprint density at radius 3 is 2.10 bits per heavy atom. The highest BCUT2D eigenvalue weighted by Crippen LogP contribution is 2.22. The highest BCUT2D eigenvalue weighted by molar-refractivity contribution is 5.27. The minimum atomic E-state index is 0.210. The molecule has 0 aliphatic heterocycles. The van der Waals surface area contributed by atoms with Gasteiger partial charge in [-0.2, -0.15) is 0 Å². The van der Waals surface area contributed by atoms with Gasteiger partial charge in [-0.25, -0.2) is 0 Å². The number of hydrogen-bond donors (Lipinski definition) is 0. The first-order chi connectivity index (χ1) is 9.97. The summed E-state index contributed by atoms with van der Waals surface area (Å²) in [6, 6.07) is 19.3. The Bertz CT molecular complexity index is 534. The smallest absolute Gasteiger partial charge is 0.0717 e. The predicted molar refractivity (Wildman–Crippen MR) is 89.7 cm³/mol. The van der Waals surface area contributed by atoms with E-state index in [1.54, 1.807) is 0 Å². The van der Waals surface area contributed by atoms with E-state index in [9.17, 15) is 0 Å².